The van der Waals surface area contributed by atoms with E-state index in [4.69, 9.17) is 34.2 Å². The number of unbranched alkanes of at least 4 members (excludes halogenated alkanes) is 7. The molecule has 1 saturated heterocycles. The first kappa shape index (κ1) is 55.5. The number of hydrogen-bond donors (Lipinski definition) is 4. The maximum Gasteiger partial charge on any atom is 0.222 e. The summed E-state index contributed by atoms with van der Waals surface area (Å²) in [5, 5.41) is 16.7. The van der Waals surface area contributed by atoms with E-state index in [9.17, 15) is 24.3 Å². The van der Waals surface area contributed by atoms with Crippen molar-refractivity contribution in [3.05, 3.63) is 95.6 Å². The van der Waals surface area contributed by atoms with Gasteiger partial charge in [0.1, 0.15) is 17.1 Å². The Morgan fingerprint density at radius 2 is 1.24 bits per heavy atom. The van der Waals surface area contributed by atoms with Gasteiger partial charge < -0.3 is 54.8 Å². The Balaban J connectivity index is 1.16. The smallest absolute Gasteiger partial charge is 0.222 e. The van der Waals surface area contributed by atoms with Gasteiger partial charge in [-0.05, 0) is 73.1 Å². The zero-order valence-electron chi connectivity index (χ0n) is 40.8. The number of β-amino-alcohol motifs (C(OH)–C–C–N with tert-alkyl or cyclic N) is 1. The van der Waals surface area contributed by atoms with E-state index in [1.165, 1.54) is 0 Å². The van der Waals surface area contributed by atoms with Gasteiger partial charge in [0, 0.05) is 52.0 Å². The highest BCUT2D eigenvalue weighted by Gasteiger charge is 2.41. The molecule has 0 bridgehead atoms. The van der Waals surface area contributed by atoms with Gasteiger partial charge >= 0.3 is 0 Å². The Bertz CT molecular complexity index is 1840. The second kappa shape index (κ2) is 31.9. The molecule has 4 rings (SSSR count). The molecule has 3 atom stereocenters. The van der Waals surface area contributed by atoms with Crippen LogP contribution in [0.4, 0.5) is 0 Å². The highest BCUT2D eigenvalue weighted by molar-refractivity contribution is 5.77. The number of likely N-dealkylation sites (tertiary alicyclic amines) is 1. The molecule has 15 nitrogen and oxygen atoms in total. The van der Waals surface area contributed by atoms with Crippen molar-refractivity contribution in [1.82, 2.24) is 15.5 Å². The van der Waals surface area contributed by atoms with Gasteiger partial charge in [0.15, 0.2) is 0 Å². The van der Waals surface area contributed by atoms with Crippen molar-refractivity contribution in [1.29, 1.82) is 0 Å². The van der Waals surface area contributed by atoms with Crippen molar-refractivity contribution in [2.75, 3.05) is 73.6 Å². The number of rotatable bonds is 36. The molecule has 1 aliphatic rings. The Morgan fingerprint density at radius 3 is 1.81 bits per heavy atom. The lowest BCUT2D eigenvalue weighted by molar-refractivity contribution is -0.134. The average Bonchev–Trinajstić information content (AvgIpc) is 3.74. The summed E-state index contributed by atoms with van der Waals surface area (Å²) in [5.74, 6) is 0.812. The lowest BCUT2D eigenvalue weighted by Crippen LogP contribution is -2.42. The van der Waals surface area contributed by atoms with Gasteiger partial charge in [-0.3, -0.25) is 19.2 Å². The predicted octanol–water partition coefficient (Wildman–Crippen LogP) is 6.59. The van der Waals surface area contributed by atoms with Gasteiger partial charge in [-0.25, -0.2) is 0 Å². The molecule has 0 aromatic heterocycles. The normalized spacial score (nSPS) is 15.2. The third-order valence-corrected chi connectivity index (χ3v) is 12.0. The quantitative estimate of drug-likeness (QED) is 0.0363. The summed E-state index contributed by atoms with van der Waals surface area (Å²) in [5.41, 5.74) is 6.94. The summed E-state index contributed by atoms with van der Waals surface area (Å²) in [6.07, 6.45) is 10.1. The number of carbonyl (C=O) groups excluding carboxylic acids is 4. The SMILES string of the molecule is CCCOCCCNC(=O)CCOCC(COCCC(N)=O)NC(=O)CCCCCCCCCCC(=O)N1C[C@H](O)C[C@H]1COC(c1ccccc1)(c1ccc(OC)cc1)c1ccc(OC)cc1. The van der Waals surface area contributed by atoms with Crippen molar-refractivity contribution in [2.45, 2.75) is 127 Å². The van der Waals surface area contributed by atoms with Crippen molar-refractivity contribution in [3.8, 4) is 11.5 Å². The standard InChI is InChI=1S/C53H78N4O11/c1-4-32-65-33-16-31-55-50(60)30-35-67-39-44(38-66-34-29-49(54)59)56-51(61)19-14-9-7-5-6-8-10-15-20-52(62)57-37-46(58)36-45(57)40-68-53(41-17-12-11-13-18-41,42-21-25-47(63-2)26-22-42)43-23-27-48(64-3)28-24-43/h11-13,17-18,21-28,44-46,58H,4-10,14-16,19-20,29-40H2,1-3H3,(H2,54,59)(H,55,60)(H,56,61)/t44?,45-,46+/m0/s1. The van der Waals surface area contributed by atoms with Crippen LogP contribution in [0.2, 0.25) is 0 Å². The Labute approximate surface area is 404 Å². The molecule has 0 aliphatic carbocycles. The van der Waals surface area contributed by atoms with E-state index < -0.39 is 23.7 Å². The first-order chi connectivity index (χ1) is 33.1. The second-order valence-electron chi connectivity index (χ2n) is 17.4. The maximum absolute atomic E-state index is 13.7. The highest BCUT2D eigenvalue weighted by Crippen LogP contribution is 2.42. The number of aliphatic hydroxyl groups excluding tert-OH is 1. The molecule has 5 N–H and O–H groups in total. The number of nitrogens with one attached hydrogen (secondary N) is 2. The van der Waals surface area contributed by atoms with E-state index >= 15 is 0 Å². The van der Waals surface area contributed by atoms with Crippen LogP contribution < -0.4 is 25.8 Å². The maximum atomic E-state index is 13.7. The first-order valence-corrected chi connectivity index (χ1v) is 24.6. The van der Waals surface area contributed by atoms with Crippen molar-refractivity contribution >= 4 is 23.6 Å². The Morgan fingerprint density at radius 1 is 0.676 bits per heavy atom. The van der Waals surface area contributed by atoms with Crippen molar-refractivity contribution in [2.24, 2.45) is 5.73 Å². The Kier molecular flexibility index (Phi) is 26.0. The number of nitrogens with two attached hydrogens (primary N) is 1. The molecule has 15 heteroatoms. The van der Waals surface area contributed by atoms with Gasteiger partial charge in [0.25, 0.3) is 0 Å². The van der Waals surface area contributed by atoms with E-state index in [0.717, 1.165) is 92.4 Å². The van der Waals surface area contributed by atoms with Crippen LogP contribution in [0.1, 0.15) is 120 Å². The summed E-state index contributed by atoms with van der Waals surface area (Å²) >= 11 is 0. The first-order valence-electron chi connectivity index (χ1n) is 24.6. The molecule has 0 spiro atoms. The van der Waals surface area contributed by atoms with Crippen LogP contribution in [-0.4, -0.2) is 125 Å². The van der Waals surface area contributed by atoms with Crippen LogP contribution in [0.25, 0.3) is 0 Å². The van der Waals surface area contributed by atoms with E-state index in [0.29, 0.717) is 39.0 Å². The fraction of sp³-hybridized carbons (Fsp3) is 0.585. The van der Waals surface area contributed by atoms with Gasteiger partial charge in [-0.15, -0.1) is 0 Å². The Hall–Kier alpha value is -5.06. The van der Waals surface area contributed by atoms with Crippen LogP contribution in [0.5, 0.6) is 11.5 Å². The minimum Gasteiger partial charge on any atom is -0.497 e. The number of ether oxygens (including phenoxy) is 6. The molecular formula is C53H78N4O11. The van der Waals surface area contributed by atoms with Crippen molar-refractivity contribution < 1.29 is 52.7 Å². The monoisotopic (exact) mass is 947 g/mol. The zero-order chi connectivity index (χ0) is 48.8. The fourth-order valence-electron chi connectivity index (χ4n) is 8.37. The van der Waals surface area contributed by atoms with E-state index in [-0.39, 0.29) is 76.2 Å². The number of primary amides is 1. The predicted molar refractivity (Wildman–Crippen MR) is 261 cm³/mol. The van der Waals surface area contributed by atoms with Crippen LogP contribution >= 0.6 is 0 Å². The number of aliphatic hydroxyl groups is 1. The van der Waals surface area contributed by atoms with Gasteiger partial charge in [0.2, 0.25) is 23.6 Å². The number of amides is 4. The van der Waals surface area contributed by atoms with E-state index in [1.54, 1.807) is 19.1 Å². The summed E-state index contributed by atoms with van der Waals surface area (Å²) in [6, 6.07) is 25.0. The lowest BCUT2D eigenvalue weighted by atomic mass is 9.80. The molecule has 68 heavy (non-hydrogen) atoms. The number of benzene rings is 3. The minimum atomic E-state index is -1.02. The molecule has 376 valence electrons. The lowest BCUT2D eigenvalue weighted by Gasteiger charge is -2.38. The molecule has 1 unspecified atom stereocenters. The van der Waals surface area contributed by atoms with Crippen LogP contribution in [0.3, 0.4) is 0 Å². The van der Waals surface area contributed by atoms with Crippen LogP contribution in [0, 0.1) is 0 Å². The summed E-state index contributed by atoms with van der Waals surface area (Å²) in [6.45, 7) is 5.11. The molecule has 1 heterocycles. The minimum absolute atomic E-state index is 0.0288. The van der Waals surface area contributed by atoms with Gasteiger partial charge in [0.05, 0.1) is 65.4 Å². The largest absolute Gasteiger partial charge is 0.497 e. The summed E-state index contributed by atoms with van der Waals surface area (Å²) < 4.78 is 34.8. The molecule has 1 fully saturated rings. The van der Waals surface area contributed by atoms with Crippen LogP contribution in [-0.2, 0) is 43.7 Å². The third-order valence-electron chi connectivity index (χ3n) is 12.0. The number of carbonyl (C=O) groups is 4. The number of hydrogen-bond acceptors (Lipinski definition) is 11. The molecule has 3 aromatic rings. The van der Waals surface area contributed by atoms with Gasteiger partial charge in [-0.1, -0.05) is 100 Å². The second-order valence-corrected chi connectivity index (χ2v) is 17.4. The van der Waals surface area contributed by atoms with E-state index in [2.05, 4.69) is 17.6 Å². The molecule has 1 aliphatic heterocycles. The van der Waals surface area contributed by atoms with Crippen molar-refractivity contribution in [3.63, 3.8) is 0 Å². The molecular weight excluding hydrogens is 869 g/mol. The number of methoxy groups -OCH3 is 2. The molecule has 4 amide bonds. The summed E-state index contributed by atoms with van der Waals surface area (Å²) in [4.78, 5) is 51.6. The summed E-state index contributed by atoms with van der Waals surface area (Å²) in [7, 11) is 3.28. The molecule has 0 saturated carbocycles. The third kappa shape index (κ3) is 19.5. The van der Waals surface area contributed by atoms with E-state index in [1.807, 2.05) is 78.9 Å². The molecule has 3 aromatic carbocycles. The average molecular weight is 947 g/mol. The highest BCUT2D eigenvalue weighted by atomic mass is 16.5. The zero-order valence-corrected chi connectivity index (χ0v) is 40.8. The number of nitrogens with zero attached hydrogens (tertiary/aromatic N) is 1. The topological polar surface area (TPSA) is 197 Å². The van der Waals surface area contributed by atoms with Gasteiger partial charge in [-0.2, -0.15) is 0 Å². The van der Waals surface area contributed by atoms with Crippen LogP contribution in [0.15, 0.2) is 78.9 Å². The molecule has 0 radical (unpaired) electrons. The fourth-order valence-corrected chi connectivity index (χ4v) is 8.37.